The molecule has 7 heteroatoms. The van der Waals surface area contributed by atoms with Gasteiger partial charge in [0, 0.05) is 65.0 Å². The van der Waals surface area contributed by atoms with Gasteiger partial charge < -0.3 is 24.8 Å². The van der Waals surface area contributed by atoms with E-state index in [0.717, 1.165) is 70.7 Å². The van der Waals surface area contributed by atoms with Gasteiger partial charge in [0.25, 0.3) is 0 Å². The smallest absolute Gasteiger partial charge is 0.194 e. The molecule has 2 aliphatic heterocycles. The molecule has 0 amide bonds. The largest absolute Gasteiger partial charge is 0.384 e. The number of anilines is 1. The Balaban J connectivity index is 1.61. The Morgan fingerprint density at radius 1 is 1.25 bits per heavy atom. The van der Waals surface area contributed by atoms with Crippen molar-refractivity contribution in [3.05, 3.63) is 23.9 Å². The van der Waals surface area contributed by atoms with E-state index in [1.165, 1.54) is 12.0 Å². The predicted octanol–water partition coefficient (Wildman–Crippen LogP) is 1.66. The monoisotopic (exact) mass is 388 g/mol. The van der Waals surface area contributed by atoms with Crippen LogP contribution in [0.15, 0.2) is 23.3 Å². The molecule has 28 heavy (non-hydrogen) atoms. The van der Waals surface area contributed by atoms with E-state index in [-0.39, 0.29) is 0 Å². The zero-order valence-electron chi connectivity index (χ0n) is 17.7. The van der Waals surface area contributed by atoms with Crippen LogP contribution in [-0.2, 0) is 11.3 Å². The van der Waals surface area contributed by atoms with Gasteiger partial charge in [-0.05, 0) is 37.6 Å². The molecule has 0 aliphatic carbocycles. The number of likely N-dealkylation sites (N-methyl/N-ethyl adjacent to an activating group) is 1. The van der Waals surface area contributed by atoms with E-state index >= 15 is 0 Å². The minimum Gasteiger partial charge on any atom is -0.384 e. The number of rotatable bonds is 7. The Hall–Kier alpha value is -1.86. The molecular weight excluding hydrogens is 352 g/mol. The van der Waals surface area contributed by atoms with Crippen LogP contribution in [0.4, 0.5) is 5.82 Å². The van der Waals surface area contributed by atoms with E-state index in [1.807, 2.05) is 6.20 Å². The summed E-state index contributed by atoms with van der Waals surface area (Å²) in [5, 5.41) is 3.45. The number of guanidine groups is 1. The fourth-order valence-electron chi connectivity index (χ4n) is 4.01. The first kappa shape index (κ1) is 20.9. The van der Waals surface area contributed by atoms with Gasteiger partial charge >= 0.3 is 0 Å². The fourth-order valence-corrected chi connectivity index (χ4v) is 4.01. The van der Waals surface area contributed by atoms with Crippen molar-refractivity contribution in [1.82, 2.24) is 20.1 Å². The van der Waals surface area contributed by atoms with Crippen LogP contribution in [-0.4, -0.2) is 86.8 Å². The van der Waals surface area contributed by atoms with Crippen molar-refractivity contribution in [3.8, 4) is 0 Å². The Morgan fingerprint density at radius 2 is 2.07 bits per heavy atom. The lowest BCUT2D eigenvalue weighted by Crippen LogP contribution is -2.46. The Morgan fingerprint density at radius 3 is 2.79 bits per heavy atom. The number of hydrogen-bond donors (Lipinski definition) is 1. The summed E-state index contributed by atoms with van der Waals surface area (Å²) in [6, 6.07) is 4.28. The topological polar surface area (TPSA) is 56.2 Å². The van der Waals surface area contributed by atoms with E-state index in [2.05, 4.69) is 51.0 Å². The van der Waals surface area contributed by atoms with Gasteiger partial charge in [-0.3, -0.25) is 0 Å². The maximum atomic E-state index is 5.33. The number of methoxy groups -OCH3 is 1. The van der Waals surface area contributed by atoms with Gasteiger partial charge in [-0.15, -0.1) is 0 Å². The van der Waals surface area contributed by atoms with Crippen molar-refractivity contribution in [2.24, 2.45) is 10.9 Å². The van der Waals surface area contributed by atoms with Crippen molar-refractivity contribution in [1.29, 1.82) is 0 Å². The number of nitrogens with one attached hydrogen (secondary N) is 1. The van der Waals surface area contributed by atoms with E-state index in [1.54, 1.807) is 7.11 Å². The molecule has 0 radical (unpaired) electrons. The van der Waals surface area contributed by atoms with E-state index in [4.69, 9.17) is 9.73 Å². The number of piperazine rings is 1. The van der Waals surface area contributed by atoms with Crippen LogP contribution >= 0.6 is 0 Å². The normalized spacial score (nSPS) is 21.4. The van der Waals surface area contributed by atoms with Crippen molar-refractivity contribution >= 4 is 11.8 Å². The molecule has 2 saturated heterocycles. The van der Waals surface area contributed by atoms with Gasteiger partial charge in [-0.2, -0.15) is 0 Å². The lowest BCUT2D eigenvalue weighted by Gasteiger charge is -2.34. The third kappa shape index (κ3) is 5.58. The van der Waals surface area contributed by atoms with Crippen molar-refractivity contribution in [2.45, 2.75) is 26.8 Å². The summed E-state index contributed by atoms with van der Waals surface area (Å²) < 4.78 is 5.33. The minimum atomic E-state index is 0.600. The molecule has 0 saturated carbocycles. The molecule has 1 N–H and O–H groups in total. The van der Waals surface area contributed by atoms with Gasteiger partial charge in [0.2, 0.25) is 0 Å². The second-order valence-electron chi connectivity index (χ2n) is 7.67. The molecule has 3 rings (SSSR count). The first-order valence-corrected chi connectivity index (χ1v) is 10.7. The van der Waals surface area contributed by atoms with Crippen LogP contribution in [0.2, 0.25) is 0 Å². The van der Waals surface area contributed by atoms with Crippen LogP contribution in [0.5, 0.6) is 0 Å². The Labute approximate surface area is 169 Å². The molecule has 3 heterocycles. The third-order valence-corrected chi connectivity index (χ3v) is 5.69. The van der Waals surface area contributed by atoms with Gasteiger partial charge in [0.1, 0.15) is 5.82 Å². The quantitative estimate of drug-likeness (QED) is 0.566. The van der Waals surface area contributed by atoms with Crippen LogP contribution < -0.4 is 10.2 Å². The number of pyridine rings is 1. The maximum Gasteiger partial charge on any atom is 0.194 e. The first-order valence-electron chi connectivity index (χ1n) is 10.7. The Bertz CT molecular complexity index is 629. The average molecular weight is 389 g/mol. The summed E-state index contributed by atoms with van der Waals surface area (Å²) in [5.74, 6) is 2.69. The van der Waals surface area contributed by atoms with Gasteiger partial charge in [0.05, 0.1) is 13.2 Å². The number of hydrogen-bond acceptors (Lipinski definition) is 5. The first-order chi connectivity index (χ1) is 13.7. The van der Waals surface area contributed by atoms with Crippen LogP contribution in [0.3, 0.4) is 0 Å². The highest BCUT2D eigenvalue weighted by molar-refractivity contribution is 5.80. The molecule has 0 bridgehead atoms. The molecule has 1 atom stereocenters. The SMILES string of the molecule is CCNC(=NCc1ccnc(N2CCN(CC)CC2)c1)N1CCC(COC)C1. The highest BCUT2D eigenvalue weighted by atomic mass is 16.5. The molecule has 1 unspecified atom stereocenters. The predicted molar refractivity (Wildman–Crippen MR) is 115 cm³/mol. The molecule has 1 aromatic rings. The average Bonchev–Trinajstić information content (AvgIpc) is 3.20. The molecular formula is C21H36N6O. The van der Waals surface area contributed by atoms with Crippen molar-refractivity contribution in [3.63, 3.8) is 0 Å². The number of ether oxygens (including phenoxy) is 1. The minimum absolute atomic E-state index is 0.600. The fraction of sp³-hybridized carbons (Fsp3) is 0.714. The Kier molecular flexibility index (Phi) is 7.91. The van der Waals surface area contributed by atoms with E-state index < -0.39 is 0 Å². The summed E-state index contributed by atoms with van der Waals surface area (Å²) >= 11 is 0. The third-order valence-electron chi connectivity index (χ3n) is 5.69. The second-order valence-corrected chi connectivity index (χ2v) is 7.67. The van der Waals surface area contributed by atoms with E-state index in [9.17, 15) is 0 Å². The number of aromatic nitrogens is 1. The molecule has 2 fully saturated rings. The van der Waals surface area contributed by atoms with Crippen molar-refractivity contribution in [2.75, 3.05) is 71.0 Å². The molecule has 0 aromatic carbocycles. The number of aliphatic imine (C=N–C) groups is 1. The van der Waals surface area contributed by atoms with Crippen molar-refractivity contribution < 1.29 is 4.74 Å². The number of likely N-dealkylation sites (tertiary alicyclic amines) is 1. The maximum absolute atomic E-state index is 5.33. The summed E-state index contributed by atoms with van der Waals surface area (Å²) in [7, 11) is 1.78. The van der Waals surface area contributed by atoms with Gasteiger partial charge in [0.15, 0.2) is 5.96 Å². The standard InChI is InChI=1S/C21H36N6O/c1-4-22-21(27-9-7-19(16-27)17-28-3)24-15-18-6-8-23-20(14-18)26-12-10-25(5-2)11-13-26/h6,8,14,19H,4-5,7,9-13,15-17H2,1-3H3,(H,22,24). The zero-order chi connectivity index (χ0) is 19.8. The van der Waals surface area contributed by atoms with Crippen LogP contribution in [0, 0.1) is 5.92 Å². The highest BCUT2D eigenvalue weighted by Gasteiger charge is 2.24. The zero-order valence-corrected chi connectivity index (χ0v) is 17.7. The lowest BCUT2D eigenvalue weighted by atomic mass is 10.1. The summed E-state index contributed by atoms with van der Waals surface area (Å²) in [6.45, 7) is 14.3. The summed E-state index contributed by atoms with van der Waals surface area (Å²) in [5.41, 5.74) is 1.21. The molecule has 0 spiro atoms. The summed E-state index contributed by atoms with van der Waals surface area (Å²) in [4.78, 5) is 16.7. The molecule has 2 aliphatic rings. The second kappa shape index (κ2) is 10.6. The molecule has 7 nitrogen and oxygen atoms in total. The lowest BCUT2D eigenvalue weighted by molar-refractivity contribution is 0.157. The molecule has 156 valence electrons. The van der Waals surface area contributed by atoms with Gasteiger partial charge in [-0.25, -0.2) is 9.98 Å². The molecule has 1 aromatic heterocycles. The van der Waals surface area contributed by atoms with Crippen LogP contribution in [0.1, 0.15) is 25.8 Å². The van der Waals surface area contributed by atoms with Crippen LogP contribution in [0.25, 0.3) is 0 Å². The van der Waals surface area contributed by atoms with E-state index in [0.29, 0.717) is 12.5 Å². The highest BCUT2D eigenvalue weighted by Crippen LogP contribution is 2.18. The summed E-state index contributed by atoms with van der Waals surface area (Å²) in [6.07, 6.45) is 3.09. The van der Waals surface area contributed by atoms with Gasteiger partial charge in [-0.1, -0.05) is 6.92 Å². The number of nitrogens with zero attached hydrogens (tertiary/aromatic N) is 5.